The van der Waals surface area contributed by atoms with Gasteiger partial charge in [-0.15, -0.1) is 0 Å². The lowest BCUT2D eigenvalue weighted by Gasteiger charge is -2.34. The average Bonchev–Trinajstić information content (AvgIpc) is 2.28. The molecular formula is C14H29NO. The van der Waals surface area contributed by atoms with Crippen molar-refractivity contribution in [2.24, 2.45) is 11.8 Å². The average molecular weight is 227 g/mol. The summed E-state index contributed by atoms with van der Waals surface area (Å²) in [5, 5.41) is 3.73. The number of hydrogen-bond donors (Lipinski definition) is 1. The minimum absolute atomic E-state index is 0.525. The molecule has 0 aromatic carbocycles. The zero-order chi connectivity index (χ0) is 12.0. The molecule has 16 heavy (non-hydrogen) atoms. The Labute approximate surface area is 101 Å². The van der Waals surface area contributed by atoms with Gasteiger partial charge in [0, 0.05) is 19.2 Å². The zero-order valence-corrected chi connectivity index (χ0v) is 11.5. The molecule has 1 fully saturated rings. The molecule has 0 aromatic rings. The lowest BCUT2D eigenvalue weighted by Crippen LogP contribution is -2.44. The van der Waals surface area contributed by atoms with Gasteiger partial charge >= 0.3 is 0 Å². The maximum Gasteiger partial charge on any atom is 0.0615 e. The fourth-order valence-corrected chi connectivity index (χ4v) is 2.93. The molecule has 1 saturated carbocycles. The van der Waals surface area contributed by atoms with E-state index in [0.29, 0.717) is 12.1 Å². The van der Waals surface area contributed by atoms with Crippen molar-refractivity contribution in [2.75, 3.05) is 13.7 Å². The second kappa shape index (κ2) is 7.29. The maximum absolute atomic E-state index is 5.24. The van der Waals surface area contributed by atoms with Crippen LogP contribution in [0.4, 0.5) is 0 Å². The van der Waals surface area contributed by atoms with E-state index in [0.717, 1.165) is 24.9 Å². The SMILES string of the molecule is CCC(COC)NC(C)C1CCCC(C)C1. The quantitative estimate of drug-likeness (QED) is 0.752. The Morgan fingerprint density at radius 2 is 2.12 bits per heavy atom. The van der Waals surface area contributed by atoms with Crippen LogP contribution in [0.5, 0.6) is 0 Å². The van der Waals surface area contributed by atoms with Crippen LogP contribution in [0, 0.1) is 11.8 Å². The third kappa shape index (κ3) is 4.42. The molecule has 0 saturated heterocycles. The number of nitrogens with one attached hydrogen (secondary N) is 1. The lowest BCUT2D eigenvalue weighted by atomic mass is 9.79. The number of hydrogen-bond acceptors (Lipinski definition) is 2. The van der Waals surface area contributed by atoms with Gasteiger partial charge in [0.1, 0.15) is 0 Å². The summed E-state index contributed by atoms with van der Waals surface area (Å²) >= 11 is 0. The largest absolute Gasteiger partial charge is 0.383 e. The fraction of sp³-hybridized carbons (Fsp3) is 1.00. The second-order valence-electron chi connectivity index (χ2n) is 5.55. The van der Waals surface area contributed by atoms with Crippen LogP contribution in [0.3, 0.4) is 0 Å². The summed E-state index contributed by atoms with van der Waals surface area (Å²) in [5.74, 6) is 1.79. The number of methoxy groups -OCH3 is 1. The van der Waals surface area contributed by atoms with Crippen LogP contribution in [-0.2, 0) is 4.74 Å². The predicted octanol–water partition coefficient (Wildman–Crippen LogP) is 3.22. The smallest absolute Gasteiger partial charge is 0.0615 e. The first kappa shape index (κ1) is 14.0. The van der Waals surface area contributed by atoms with Gasteiger partial charge in [0.15, 0.2) is 0 Å². The van der Waals surface area contributed by atoms with Crippen LogP contribution in [0.1, 0.15) is 52.9 Å². The molecule has 2 heteroatoms. The summed E-state index contributed by atoms with van der Waals surface area (Å²) < 4.78 is 5.24. The molecule has 4 unspecified atom stereocenters. The summed E-state index contributed by atoms with van der Waals surface area (Å²) in [4.78, 5) is 0. The molecule has 2 nitrogen and oxygen atoms in total. The van der Waals surface area contributed by atoms with Crippen molar-refractivity contribution in [1.82, 2.24) is 5.32 Å². The van der Waals surface area contributed by atoms with Gasteiger partial charge in [-0.05, 0) is 38.0 Å². The van der Waals surface area contributed by atoms with Crippen LogP contribution in [0.2, 0.25) is 0 Å². The van der Waals surface area contributed by atoms with Crippen molar-refractivity contribution >= 4 is 0 Å². The van der Waals surface area contributed by atoms with Crippen molar-refractivity contribution in [3.8, 4) is 0 Å². The van der Waals surface area contributed by atoms with Crippen molar-refractivity contribution in [3.63, 3.8) is 0 Å². The highest BCUT2D eigenvalue weighted by Crippen LogP contribution is 2.30. The monoisotopic (exact) mass is 227 g/mol. The van der Waals surface area contributed by atoms with Crippen LogP contribution >= 0.6 is 0 Å². The van der Waals surface area contributed by atoms with E-state index in [1.54, 1.807) is 7.11 Å². The minimum atomic E-state index is 0.525. The second-order valence-corrected chi connectivity index (χ2v) is 5.55. The maximum atomic E-state index is 5.24. The van der Waals surface area contributed by atoms with Gasteiger partial charge < -0.3 is 10.1 Å². The normalized spacial score (nSPS) is 30.0. The fourth-order valence-electron chi connectivity index (χ4n) is 2.93. The molecule has 1 aliphatic carbocycles. The first-order chi connectivity index (χ1) is 7.67. The van der Waals surface area contributed by atoms with Crippen LogP contribution < -0.4 is 5.32 Å². The molecule has 0 aromatic heterocycles. The van der Waals surface area contributed by atoms with E-state index in [1.165, 1.54) is 25.7 Å². The molecular weight excluding hydrogens is 198 g/mol. The predicted molar refractivity (Wildman–Crippen MR) is 69.7 cm³/mol. The van der Waals surface area contributed by atoms with E-state index >= 15 is 0 Å². The van der Waals surface area contributed by atoms with Gasteiger partial charge in [-0.3, -0.25) is 0 Å². The van der Waals surface area contributed by atoms with Gasteiger partial charge in [-0.2, -0.15) is 0 Å². The van der Waals surface area contributed by atoms with Crippen molar-refractivity contribution in [3.05, 3.63) is 0 Å². The molecule has 4 atom stereocenters. The van der Waals surface area contributed by atoms with E-state index in [4.69, 9.17) is 4.74 Å². The lowest BCUT2D eigenvalue weighted by molar-refractivity contribution is 0.144. The minimum Gasteiger partial charge on any atom is -0.383 e. The van der Waals surface area contributed by atoms with E-state index in [-0.39, 0.29) is 0 Å². The van der Waals surface area contributed by atoms with E-state index in [2.05, 4.69) is 26.1 Å². The van der Waals surface area contributed by atoms with Gasteiger partial charge in [0.25, 0.3) is 0 Å². The van der Waals surface area contributed by atoms with Crippen molar-refractivity contribution in [1.29, 1.82) is 0 Å². The molecule has 1 rings (SSSR count). The third-order valence-electron chi connectivity index (χ3n) is 4.04. The first-order valence-electron chi connectivity index (χ1n) is 6.92. The summed E-state index contributed by atoms with van der Waals surface area (Å²) in [6.07, 6.45) is 6.80. The highest BCUT2D eigenvalue weighted by Gasteiger charge is 2.24. The topological polar surface area (TPSA) is 21.3 Å². The Hall–Kier alpha value is -0.0800. The van der Waals surface area contributed by atoms with E-state index < -0.39 is 0 Å². The Balaban J connectivity index is 2.34. The van der Waals surface area contributed by atoms with Crippen LogP contribution in [0.25, 0.3) is 0 Å². The molecule has 0 radical (unpaired) electrons. The van der Waals surface area contributed by atoms with Crippen LogP contribution in [-0.4, -0.2) is 25.8 Å². The molecule has 1 aliphatic rings. The summed E-state index contributed by atoms with van der Waals surface area (Å²) in [7, 11) is 1.79. The van der Waals surface area contributed by atoms with Gasteiger partial charge in [0.2, 0.25) is 0 Å². The molecule has 0 heterocycles. The van der Waals surface area contributed by atoms with E-state index in [9.17, 15) is 0 Å². The Morgan fingerprint density at radius 3 is 2.69 bits per heavy atom. The zero-order valence-electron chi connectivity index (χ0n) is 11.5. The molecule has 0 amide bonds. The summed E-state index contributed by atoms with van der Waals surface area (Å²) in [6.45, 7) is 7.81. The molecule has 0 spiro atoms. The number of ether oxygens (including phenoxy) is 1. The molecule has 96 valence electrons. The third-order valence-corrected chi connectivity index (χ3v) is 4.04. The highest BCUT2D eigenvalue weighted by atomic mass is 16.5. The van der Waals surface area contributed by atoms with Gasteiger partial charge in [-0.25, -0.2) is 0 Å². The van der Waals surface area contributed by atoms with Crippen molar-refractivity contribution < 1.29 is 4.74 Å². The highest BCUT2D eigenvalue weighted by molar-refractivity contribution is 4.81. The summed E-state index contributed by atoms with van der Waals surface area (Å²) in [5.41, 5.74) is 0. The Bertz CT molecular complexity index is 184. The number of rotatable bonds is 6. The van der Waals surface area contributed by atoms with E-state index in [1.807, 2.05) is 0 Å². The van der Waals surface area contributed by atoms with Gasteiger partial charge in [0.05, 0.1) is 6.61 Å². The molecule has 0 bridgehead atoms. The Kier molecular flexibility index (Phi) is 6.37. The molecule has 0 aliphatic heterocycles. The summed E-state index contributed by atoms with van der Waals surface area (Å²) in [6, 6.07) is 1.17. The molecule has 1 N–H and O–H groups in total. The van der Waals surface area contributed by atoms with Crippen LogP contribution in [0.15, 0.2) is 0 Å². The van der Waals surface area contributed by atoms with Gasteiger partial charge in [-0.1, -0.05) is 26.7 Å². The first-order valence-corrected chi connectivity index (χ1v) is 6.92. The van der Waals surface area contributed by atoms with Crippen molar-refractivity contribution in [2.45, 2.75) is 65.0 Å². The standard InChI is InChI=1S/C14H29NO/c1-5-14(10-16-4)15-12(3)13-8-6-7-11(2)9-13/h11-15H,5-10H2,1-4H3. The Morgan fingerprint density at radius 1 is 1.38 bits per heavy atom.